The Bertz CT molecular complexity index is 933. The zero-order valence-electron chi connectivity index (χ0n) is 14.8. The lowest BCUT2D eigenvalue weighted by Crippen LogP contribution is -2.38. The molecule has 2 heterocycles. The van der Waals surface area contributed by atoms with Gasteiger partial charge in [0.25, 0.3) is 0 Å². The van der Waals surface area contributed by atoms with Crippen LogP contribution in [0.4, 0.5) is 13.2 Å². The highest BCUT2D eigenvalue weighted by Crippen LogP contribution is 2.29. The van der Waals surface area contributed by atoms with Gasteiger partial charge in [-0.2, -0.15) is 13.2 Å². The third kappa shape index (κ3) is 4.36. The largest absolute Gasteiger partial charge is 0.417 e. The van der Waals surface area contributed by atoms with Crippen molar-refractivity contribution < 1.29 is 13.2 Å². The molecule has 0 aliphatic carbocycles. The summed E-state index contributed by atoms with van der Waals surface area (Å²) in [5.74, 6) is 0.862. The molecule has 1 aromatic carbocycles. The van der Waals surface area contributed by atoms with Gasteiger partial charge < -0.3 is 10.6 Å². The van der Waals surface area contributed by atoms with E-state index in [0.717, 1.165) is 17.8 Å². The van der Waals surface area contributed by atoms with Crippen molar-refractivity contribution in [3.8, 4) is 0 Å². The number of hydrogen-bond donors (Lipinski definition) is 2. The van der Waals surface area contributed by atoms with Gasteiger partial charge in [-0.05, 0) is 24.6 Å². The number of rotatable bonds is 4. The van der Waals surface area contributed by atoms with Gasteiger partial charge in [-0.1, -0.05) is 30.3 Å². The molecule has 0 aliphatic rings. The molecule has 3 rings (SSSR count). The lowest BCUT2D eigenvalue weighted by atomic mass is 10.1. The minimum absolute atomic E-state index is 0.00405. The molecular formula is C18H19F3N6. The lowest BCUT2D eigenvalue weighted by Gasteiger charge is -2.18. The molecule has 0 spiro atoms. The molecule has 142 valence electrons. The average molecular weight is 376 g/mol. The summed E-state index contributed by atoms with van der Waals surface area (Å²) in [6.07, 6.45) is -3.43. The number of halogens is 3. The van der Waals surface area contributed by atoms with E-state index in [1.807, 2.05) is 37.3 Å². The summed E-state index contributed by atoms with van der Waals surface area (Å²) in [6, 6.07) is 12.1. The quantitative estimate of drug-likeness (QED) is 0.542. The second-order valence-electron chi connectivity index (χ2n) is 5.96. The summed E-state index contributed by atoms with van der Waals surface area (Å²) in [4.78, 5) is 4.15. The number of benzene rings is 1. The third-order valence-corrected chi connectivity index (χ3v) is 4.09. The predicted octanol–water partition coefficient (Wildman–Crippen LogP) is 3.17. The van der Waals surface area contributed by atoms with Crippen LogP contribution in [0.25, 0.3) is 5.65 Å². The molecule has 27 heavy (non-hydrogen) atoms. The Hall–Kier alpha value is -3.10. The number of aromatic nitrogens is 3. The van der Waals surface area contributed by atoms with E-state index >= 15 is 0 Å². The van der Waals surface area contributed by atoms with Crippen molar-refractivity contribution >= 4 is 11.6 Å². The lowest BCUT2D eigenvalue weighted by molar-refractivity contribution is -0.137. The van der Waals surface area contributed by atoms with Crippen LogP contribution in [0.5, 0.6) is 0 Å². The highest BCUT2D eigenvalue weighted by atomic mass is 19.4. The van der Waals surface area contributed by atoms with Crippen molar-refractivity contribution in [2.75, 3.05) is 7.05 Å². The SMILES string of the molecule is CN=C(NCc1nnc2ccc(C(F)(F)F)cn12)NC(C)c1ccccc1. The standard InChI is InChI=1S/C18H19F3N6/c1-12(13-6-4-3-5-7-13)24-17(22-2)23-10-16-26-25-15-9-8-14(11-27(15)16)18(19,20)21/h3-9,11-12H,10H2,1-2H3,(H2,22,23,24). The topological polar surface area (TPSA) is 66.6 Å². The fourth-order valence-electron chi connectivity index (χ4n) is 2.61. The van der Waals surface area contributed by atoms with Gasteiger partial charge in [-0.25, -0.2) is 0 Å². The fraction of sp³-hybridized carbons (Fsp3) is 0.278. The van der Waals surface area contributed by atoms with E-state index in [0.29, 0.717) is 17.4 Å². The Morgan fingerprint density at radius 1 is 1.15 bits per heavy atom. The van der Waals surface area contributed by atoms with Crippen LogP contribution in [0.2, 0.25) is 0 Å². The van der Waals surface area contributed by atoms with Crippen LogP contribution < -0.4 is 10.6 Å². The Morgan fingerprint density at radius 2 is 1.89 bits per heavy atom. The van der Waals surface area contributed by atoms with Crippen LogP contribution in [0.15, 0.2) is 53.7 Å². The third-order valence-electron chi connectivity index (χ3n) is 4.09. The Morgan fingerprint density at radius 3 is 2.56 bits per heavy atom. The zero-order valence-corrected chi connectivity index (χ0v) is 14.8. The molecule has 2 aromatic heterocycles. The number of nitrogens with one attached hydrogen (secondary N) is 2. The summed E-state index contributed by atoms with van der Waals surface area (Å²) >= 11 is 0. The minimum Gasteiger partial charge on any atom is -0.350 e. The monoisotopic (exact) mass is 376 g/mol. The molecule has 0 saturated carbocycles. The molecule has 6 nitrogen and oxygen atoms in total. The normalized spacial score (nSPS) is 13.6. The zero-order chi connectivity index (χ0) is 19.4. The van der Waals surface area contributed by atoms with Crippen LogP contribution in [0, 0.1) is 0 Å². The molecule has 1 unspecified atom stereocenters. The highest BCUT2D eigenvalue weighted by molar-refractivity contribution is 5.80. The van der Waals surface area contributed by atoms with Crippen molar-refractivity contribution in [2.45, 2.75) is 25.7 Å². The van der Waals surface area contributed by atoms with Gasteiger partial charge in [0.2, 0.25) is 0 Å². The summed E-state index contributed by atoms with van der Waals surface area (Å²) in [5.41, 5.74) is 0.680. The molecule has 0 bridgehead atoms. The second-order valence-corrected chi connectivity index (χ2v) is 5.96. The highest BCUT2D eigenvalue weighted by Gasteiger charge is 2.31. The molecule has 0 fully saturated rings. The number of hydrogen-bond acceptors (Lipinski definition) is 3. The average Bonchev–Trinajstić information content (AvgIpc) is 3.07. The maximum atomic E-state index is 12.9. The van der Waals surface area contributed by atoms with Gasteiger partial charge in [0, 0.05) is 13.2 Å². The molecule has 1 atom stereocenters. The molecule has 0 aliphatic heterocycles. The first-order valence-corrected chi connectivity index (χ1v) is 8.31. The Balaban J connectivity index is 1.71. The predicted molar refractivity (Wildman–Crippen MR) is 96.2 cm³/mol. The van der Waals surface area contributed by atoms with Crippen LogP contribution in [-0.4, -0.2) is 27.6 Å². The van der Waals surface area contributed by atoms with Gasteiger partial charge >= 0.3 is 6.18 Å². The summed E-state index contributed by atoms with van der Waals surface area (Å²) < 4.78 is 40.1. The van der Waals surface area contributed by atoms with Crippen LogP contribution in [0.1, 0.15) is 29.9 Å². The van der Waals surface area contributed by atoms with Crippen LogP contribution >= 0.6 is 0 Å². The molecule has 9 heteroatoms. The molecule has 3 aromatic rings. The van der Waals surface area contributed by atoms with Crippen molar-refractivity contribution in [1.82, 2.24) is 25.2 Å². The number of pyridine rings is 1. The molecular weight excluding hydrogens is 357 g/mol. The van der Waals surface area contributed by atoms with Gasteiger partial charge in [0.1, 0.15) is 0 Å². The van der Waals surface area contributed by atoms with Crippen molar-refractivity contribution in [2.24, 2.45) is 4.99 Å². The minimum atomic E-state index is -4.42. The summed E-state index contributed by atoms with van der Waals surface area (Å²) in [6.45, 7) is 2.16. The van der Waals surface area contributed by atoms with Crippen LogP contribution in [0.3, 0.4) is 0 Å². The van der Waals surface area contributed by atoms with Gasteiger partial charge in [-0.3, -0.25) is 9.39 Å². The number of guanidine groups is 1. The summed E-state index contributed by atoms with van der Waals surface area (Å²) in [5, 5.41) is 14.1. The number of alkyl halides is 3. The molecule has 2 N–H and O–H groups in total. The maximum absolute atomic E-state index is 12.9. The Labute approximate surface area is 154 Å². The first-order valence-electron chi connectivity index (χ1n) is 8.31. The first kappa shape index (κ1) is 18.7. The van der Waals surface area contributed by atoms with Gasteiger partial charge in [-0.15, -0.1) is 10.2 Å². The smallest absolute Gasteiger partial charge is 0.350 e. The number of nitrogens with zero attached hydrogens (tertiary/aromatic N) is 4. The van der Waals surface area contributed by atoms with Gasteiger partial charge in [0.05, 0.1) is 18.2 Å². The first-order chi connectivity index (χ1) is 12.9. The van der Waals surface area contributed by atoms with Crippen molar-refractivity contribution in [3.63, 3.8) is 0 Å². The van der Waals surface area contributed by atoms with Gasteiger partial charge in [0.15, 0.2) is 17.4 Å². The van der Waals surface area contributed by atoms with Crippen LogP contribution in [-0.2, 0) is 12.7 Å². The Kier molecular flexibility index (Phi) is 5.29. The summed E-state index contributed by atoms with van der Waals surface area (Å²) in [7, 11) is 1.62. The number of aliphatic imine (C=N–C) groups is 1. The van der Waals surface area contributed by atoms with Crippen molar-refractivity contribution in [1.29, 1.82) is 0 Å². The maximum Gasteiger partial charge on any atom is 0.417 e. The van der Waals surface area contributed by atoms with E-state index in [1.54, 1.807) is 7.05 Å². The second kappa shape index (κ2) is 7.65. The van der Waals surface area contributed by atoms with E-state index in [9.17, 15) is 13.2 Å². The number of fused-ring (bicyclic) bond motifs is 1. The van der Waals surface area contributed by atoms with E-state index < -0.39 is 11.7 Å². The van der Waals surface area contributed by atoms with E-state index in [2.05, 4.69) is 25.8 Å². The van der Waals surface area contributed by atoms with Crippen molar-refractivity contribution in [3.05, 3.63) is 65.6 Å². The fourth-order valence-corrected chi connectivity index (χ4v) is 2.61. The van der Waals surface area contributed by atoms with E-state index in [-0.39, 0.29) is 12.6 Å². The van der Waals surface area contributed by atoms with E-state index in [4.69, 9.17) is 0 Å². The van der Waals surface area contributed by atoms with E-state index in [1.165, 1.54) is 10.5 Å². The molecule has 0 amide bonds. The molecule has 0 radical (unpaired) electrons. The molecule has 0 saturated heterocycles.